The van der Waals surface area contributed by atoms with E-state index in [2.05, 4.69) is 0 Å². The summed E-state index contributed by atoms with van der Waals surface area (Å²) in [5.41, 5.74) is 25.0. The molecule has 0 aliphatic carbocycles. The highest BCUT2D eigenvalue weighted by atomic mass is 32.2. The first-order chi connectivity index (χ1) is 12.5. The molecule has 0 saturated carbocycles. The van der Waals surface area contributed by atoms with Crippen LogP contribution in [0, 0.1) is 22.7 Å². The maximum Gasteiger partial charge on any atom is 0.103 e. The molecule has 130 valence electrons. The summed E-state index contributed by atoms with van der Waals surface area (Å²) in [6.07, 6.45) is 0. The second-order valence-electron chi connectivity index (χ2n) is 4.98. The van der Waals surface area contributed by atoms with Gasteiger partial charge in [0.05, 0.1) is 10.1 Å². The molecule has 6 nitrogen and oxygen atoms in total. The SMILES string of the molecule is N#CC(=C(/N)Sc1ccccc1N)/C(C#N)=C(\N)Sc1ccccc1N. The smallest absolute Gasteiger partial charge is 0.103 e. The highest BCUT2D eigenvalue weighted by Crippen LogP contribution is 2.35. The lowest BCUT2D eigenvalue weighted by Crippen LogP contribution is -2.06. The van der Waals surface area contributed by atoms with Gasteiger partial charge in [0.1, 0.15) is 23.3 Å². The number of nitriles is 2. The van der Waals surface area contributed by atoms with Gasteiger partial charge in [-0.1, -0.05) is 47.8 Å². The topological polar surface area (TPSA) is 152 Å². The van der Waals surface area contributed by atoms with E-state index in [0.29, 0.717) is 21.2 Å². The van der Waals surface area contributed by atoms with E-state index in [1.54, 1.807) is 36.4 Å². The number of anilines is 2. The molecule has 0 amide bonds. The summed E-state index contributed by atoms with van der Waals surface area (Å²) >= 11 is 2.22. The fraction of sp³-hybridized carbons (Fsp3) is 0. The first kappa shape index (κ1) is 19.1. The van der Waals surface area contributed by atoms with Gasteiger partial charge in [0.15, 0.2) is 0 Å². The Balaban J connectivity index is 2.42. The minimum Gasteiger partial charge on any atom is -0.398 e. The highest BCUT2D eigenvalue weighted by Gasteiger charge is 2.16. The van der Waals surface area contributed by atoms with Gasteiger partial charge in [0.2, 0.25) is 0 Å². The van der Waals surface area contributed by atoms with E-state index in [-0.39, 0.29) is 21.2 Å². The summed E-state index contributed by atoms with van der Waals surface area (Å²) in [6, 6.07) is 18.1. The fourth-order valence-electron chi connectivity index (χ4n) is 1.95. The fourth-order valence-corrected chi connectivity index (χ4v) is 3.59. The average molecular weight is 381 g/mol. The van der Waals surface area contributed by atoms with Crippen LogP contribution in [0.2, 0.25) is 0 Å². The van der Waals surface area contributed by atoms with Crippen LogP contribution in [-0.4, -0.2) is 0 Å². The Morgan fingerprint density at radius 2 is 1.04 bits per heavy atom. The second kappa shape index (κ2) is 8.77. The summed E-state index contributed by atoms with van der Waals surface area (Å²) in [4.78, 5) is 1.38. The van der Waals surface area contributed by atoms with Gasteiger partial charge >= 0.3 is 0 Å². The number of allylic oxidation sites excluding steroid dienone is 2. The minimum atomic E-state index is 0.000237. The lowest BCUT2D eigenvalue weighted by molar-refractivity contribution is 1.34. The molecular weight excluding hydrogens is 364 g/mol. The van der Waals surface area contributed by atoms with Gasteiger partial charge in [0.25, 0.3) is 0 Å². The quantitative estimate of drug-likeness (QED) is 0.267. The van der Waals surface area contributed by atoms with E-state index < -0.39 is 0 Å². The third-order valence-corrected chi connectivity index (χ3v) is 5.28. The van der Waals surface area contributed by atoms with Crippen LogP contribution < -0.4 is 22.9 Å². The first-order valence-electron chi connectivity index (χ1n) is 7.32. The Bertz CT molecular complexity index is 887. The lowest BCUT2D eigenvalue weighted by atomic mass is 10.1. The van der Waals surface area contributed by atoms with E-state index in [0.717, 1.165) is 23.5 Å². The number of nitrogens with two attached hydrogens (primary N) is 4. The Kier molecular flexibility index (Phi) is 6.45. The van der Waals surface area contributed by atoms with Crippen molar-refractivity contribution >= 4 is 34.9 Å². The first-order valence-corrected chi connectivity index (χ1v) is 8.96. The van der Waals surface area contributed by atoms with Crippen LogP contribution in [0.5, 0.6) is 0 Å². The summed E-state index contributed by atoms with van der Waals surface area (Å²) < 4.78 is 0. The summed E-state index contributed by atoms with van der Waals surface area (Å²) in [6.45, 7) is 0. The molecule has 0 bridgehead atoms. The van der Waals surface area contributed by atoms with Crippen molar-refractivity contribution in [3.63, 3.8) is 0 Å². The zero-order valence-corrected chi connectivity index (χ0v) is 15.3. The Labute approximate surface area is 160 Å². The Morgan fingerprint density at radius 1 is 0.692 bits per heavy atom. The van der Waals surface area contributed by atoms with Gasteiger partial charge in [-0.3, -0.25) is 0 Å². The second-order valence-corrected chi connectivity index (χ2v) is 7.15. The number of rotatable bonds is 5. The predicted molar refractivity (Wildman–Crippen MR) is 107 cm³/mol. The maximum atomic E-state index is 9.51. The van der Waals surface area contributed by atoms with Gasteiger partial charge in [-0.25, -0.2) is 0 Å². The van der Waals surface area contributed by atoms with Gasteiger partial charge in [-0.2, -0.15) is 10.5 Å². The third-order valence-electron chi connectivity index (χ3n) is 3.24. The van der Waals surface area contributed by atoms with Crippen molar-refractivity contribution in [2.45, 2.75) is 9.79 Å². The third kappa shape index (κ3) is 4.45. The molecule has 26 heavy (non-hydrogen) atoms. The zero-order valence-electron chi connectivity index (χ0n) is 13.6. The molecule has 0 fully saturated rings. The van der Waals surface area contributed by atoms with Crippen molar-refractivity contribution < 1.29 is 0 Å². The van der Waals surface area contributed by atoms with E-state index >= 15 is 0 Å². The van der Waals surface area contributed by atoms with Gasteiger partial charge < -0.3 is 22.9 Å². The minimum absolute atomic E-state index is 0.000237. The lowest BCUT2D eigenvalue weighted by Gasteiger charge is -2.10. The molecule has 8 heteroatoms. The van der Waals surface area contributed by atoms with Crippen LogP contribution in [0.4, 0.5) is 11.4 Å². The standard InChI is InChI=1S/C18H16N6S2/c19-9-11(17(23)25-15-7-3-1-5-13(15)21)12(10-20)18(24)26-16-8-4-2-6-14(16)22/h1-8H,21-24H2/b17-11+,18-12+. The summed E-state index contributed by atoms with van der Waals surface area (Å²) in [5.74, 6) is 0. The van der Waals surface area contributed by atoms with Crippen molar-refractivity contribution in [1.29, 1.82) is 10.5 Å². The number of thioether (sulfide) groups is 2. The number of para-hydroxylation sites is 2. The number of nitrogen functional groups attached to an aromatic ring is 2. The Hall–Kier alpha value is -3.20. The largest absolute Gasteiger partial charge is 0.398 e. The highest BCUT2D eigenvalue weighted by molar-refractivity contribution is 8.03. The molecule has 0 aromatic heterocycles. The van der Waals surface area contributed by atoms with Crippen molar-refractivity contribution in [1.82, 2.24) is 0 Å². The van der Waals surface area contributed by atoms with Crippen LogP contribution >= 0.6 is 23.5 Å². The van der Waals surface area contributed by atoms with E-state index in [1.165, 1.54) is 0 Å². The molecule has 2 aromatic carbocycles. The summed E-state index contributed by atoms with van der Waals surface area (Å²) in [5, 5.41) is 19.3. The molecule has 2 aromatic rings. The molecule has 0 radical (unpaired) electrons. The van der Waals surface area contributed by atoms with Crippen LogP contribution in [0.15, 0.2) is 79.5 Å². The summed E-state index contributed by atoms with van der Waals surface area (Å²) in [7, 11) is 0. The van der Waals surface area contributed by atoms with Crippen LogP contribution in [0.25, 0.3) is 0 Å². The Morgan fingerprint density at radius 3 is 1.35 bits per heavy atom. The molecule has 0 atom stereocenters. The van der Waals surface area contributed by atoms with Crippen molar-refractivity contribution in [3.05, 3.63) is 69.7 Å². The van der Waals surface area contributed by atoms with Gasteiger partial charge in [0, 0.05) is 21.2 Å². The molecule has 0 aliphatic heterocycles. The maximum absolute atomic E-state index is 9.51. The zero-order chi connectivity index (χ0) is 19.1. The van der Waals surface area contributed by atoms with Gasteiger partial charge in [-0.15, -0.1) is 0 Å². The molecule has 0 aliphatic rings. The van der Waals surface area contributed by atoms with Crippen molar-refractivity contribution in [3.8, 4) is 12.1 Å². The van der Waals surface area contributed by atoms with E-state index in [9.17, 15) is 10.5 Å². The van der Waals surface area contributed by atoms with Crippen LogP contribution in [0.3, 0.4) is 0 Å². The van der Waals surface area contributed by atoms with Crippen molar-refractivity contribution in [2.75, 3.05) is 11.5 Å². The molecule has 0 spiro atoms. The van der Waals surface area contributed by atoms with Gasteiger partial charge in [-0.05, 0) is 24.3 Å². The normalized spacial score (nSPS) is 12.4. The van der Waals surface area contributed by atoms with Crippen LogP contribution in [0.1, 0.15) is 0 Å². The number of hydrogen-bond acceptors (Lipinski definition) is 8. The number of nitrogens with zero attached hydrogens (tertiary/aromatic N) is 2. The van der Waals surface area contributed by atoms with Crippen molar-refractivity contribution in [2.24, 2.45) is 11.5 Å². The molecule has 0 saturated heterocycles. The number of hydrogen-bond donors (Lipinski definition) is 4. The molecule has 0 unspecified atom stereocenters. The average Bonchev–Trinajstić information content (AvgIpc) is 2.63. The molecular formula is C18H16N6S2. The molecule has 8 N–H and O–H groups in total. The van der Waals surface area contributed by atoms with Crippen LogP contribution in [-0.2, 0) is 0 Å². The number of benzene rings is 2. The van der Waals surface area contributed by atoms with E-state index in [4.69, 9.17) is 22.9 Å². The molecule has 2 rings (SSSR count). The van der Waals surface area contributed by atoms with E-state index in [1.807, 2.05) is 24.3 Å². The molecule has 0 heterocycles. The monoisotopic (exact) mass is 380 g/mol. The predicted octanol–water partition coefficient (Wildman–Crippen LogP) is 3.12.